The van der Waals surface area contributed by atoms with Crippen molar-refractivity contribution in [2.75, 3.05) is 13.1 Å². The Bertz CT molecular complexity index is 474. The van der Waals surface area contributed by atoms with Gasteiger partial charge < -0.3 is 16.0 Å². The Morgan fingerprint density at radius 3 is 2.71 bits per heavy atom. The van der Waals surface area contributed by atoms with Crippen LogP contribution in [0.4, 0.5) is 0 Å². The molecule has 1 aromatic rings. The Labute approximate surface area is 126 Å². The molecule has 1 aliphatic rings. The Balaban J connectivity index is 2.19. The third-order valence-electron chi connectivity index (χ3n) is 4.25. The third-order valence-corrected chi connectivity index (χ3v) is 4.25. The van der Waals surface area contributed by atoms with Crippen molar-refractivity contribution in [3.8, 4) is 0 Å². The minimum Gasteiger partial charge on any atom is -0.409 e. The fraction of sp³-hybridized carbons (Fsp3) is 0.562. The normalized spacial score (nSPS) is 26.3. The zero-order chi connectivity index (χ0) is 15.3. The maximum Gasteiger partial charge on any atom is 0.141 e. The summed E-state index contributed by atoms with van der Waals surface area (Å²) in [5, 5.41) is 22.2. The van der Waals surface area contributed by atoms with Crippen molar-refractivity contribution in [2.24, 2.45) is 10.9 Å². The summed E-state index contributed by atoms with van der Waals surface area (Å²) >= 11 is 0. The van der Waals surface area contributed by atoms with Gasteiger partial charge in [-0.25, -0.2) is 0 Å². The number of rotatable bonds is 4. The van der Waals surface area contributed by atoms with E-state index in [-0.39, 0.29) is 11.9 Å². The maximum atomic E-state index is 10.2. The van der Waals surface area contributed by atoms with Gasteiger partial charge in [-0.1, -0.05) is 35.5 Å². The van der Waals surface area contributed by atoms with Crippen molar-refractivity contribution in [3.05, 3.63) is 35.9 Å². The van der Waals surface area contributed by atoms with E-state index >= 15 is 0 Å². The molecular formula is C16H25N3O2. The Kier molecular flexibility index (Phi) is 5.20. The lowest BCUT2D eigenvalue weighted by Gasteiger charge is -2.31. The van der Waals surface area contributed by atoms with Gasteiger partial charge in [0.2, 0.25) is 0 Å². The quantitative estimate of drug-likeness (QED) is 0.343. The SMILES string of the molecule is CC1(O)CCCN(C(C/C(N)=N/O)c2ccccc2)CC1. The monoisotopic (exact) mass is 291 g/mol. The van der Waals surface area contributed by atoms with Gasteiger partial charge in [-0.2, -0.15) is 0 Å². The molecule has 2 atom stereocenters. The van der Waals surface area contributed by atoms with E-state index in [1.807, 2.05) is 25.1 Å². The first kappa shape index (κ1) is 15.8. The highest BCUT2D eigenvalue weighted by molar-refractivity contribution is 5.80. The predicted molar refractivity (Wildman–Crippen MR) is 83.3 cm³/mol. The first-order valence-electron chi connectivity index (χ1n) is 7.49. The van der Waals surface area contributed by atoms with E-state index in [0.29, 0.717) is 6.42 Å². The molecule has 1 aromatic carbocycles. The molecule has 5 nitrogen and oxygen atoms in total. The standard InChI is InChI=1S/C16H25N3O2/c1-16(20)8-5-10-19(11-9-16)14(12-15(17)18-21)13-6-3-2-4-7-13/h2-4,6-7,14,20-21H,5,8-12H2,1H3,(H2,17,18). The van der Waals surface area contributed by atoms with Gasteiger partial charge in [-0.3, -0.25) is 4.90 Å². The van der Waals surface area contributed by atoms with Crippen LogP contribution >= 0.6 is 0 Å². The second-order valence-corrected chi connectivity index (χ2v) is 6.11. The highest BCUT2D eigenvalue weighted by Crippen LogP contribution is 2.30. The fourth-order valence-corrected chi connectivity index (χ4v) is 2.97. The number of benzene rings is 1. The molecule has 1 fully saturated rings. The average Bonchev–Trinajstić information content (AvgIpc) is 2.66. The molecule has 0 aromatic heterocycles. The summed E-state index contributed by atoms with van der Waals surface area (Å²) in [4.78, 5) is 2.33. The van der Waals surface area contributed by atoms with Crippen LogP contribution in [-0.2, 0) is 0 Å². The van der Waals surface area contributed by atoms with Gasteiger partial charge in [0.15, 0.2) is 0 Å². The van der Waals surface area contributed by atoms with Crippen LogP contribution in [-0.4, -0.2) is 39.7 Å². The summed E-state index contributed by atoms with van der Waals surface area (Å²) in [7, 11) is 0. The molecule has 0 amide bonds. The van der Waals surface area contributed by atoms with Crippen molar-refractivity contribution in [3.63, 3.8) is 0 Å². The molecule has 116 valence electrons. The molecule has 1 heterocycles. The molecule has 1 aliphatic heterocycles. The molecule has 0 spiro atoms. The van der Waals surface area contributed by atoms with Crippen LogP contribution in [0.2, 0.25) is 0 Å². The summed E-state index contributed by atoms with van der Waals surface area (Å²) in [5.41, 5.74) is 6.30. The topological polar surface area (TPSA) is 82.1 Å². The number of hydrogen-bond acceptors (Lipinski definition) is 4. The van der Waals surface area contributed by atoms with Crippen LogP contribution in [0.5, 0.6) is 0 Å². The highest BCUT2D eigenvalue weighted by Gasteiger charge is 2.29. The number of oxime groups is 1. The molecule has 1 saturated heterocycles. The van der Waals surface area contributed by atoms with Crippen LogP contribution in [0.3, 0.4) is 0 Å². The summed E-state index contributed by atoms with van der Waals surface area (Å²) < 4.78 is 0. The van der Waals surface area contributed by atoms with Crippen LogP contribution < -0.4 is 5.73 Å². The number of likely N-dealkylation sites (tertiary alicyclic amines) is 1. The molecular weight excluding hydrogens is 266 g/mol. The second-order valence-electron chi connectivity index (χ2n) is 6.11. The predicted octanol–water partition coefficient (Wildman–Crippen LogP) is 2.10. The van der Waals surface area contributed by atoms with E-state index in [2.05, 4.69) is 22.2 Å². The number of nitrogens with two attached hydrogens (primary N) is 1. The zero-order valence-electron chi connectivity index (χ0n) is 12.6. The average molecular weight is 291 g/mol. The summed E-state index contributed by atoms with van der Waals surface area (Å²) in [6.45, 7) is 3.62. The highest BCUT2D eigenvalue weighted by atomic mass is 16.4. The number of aliphatic hydroxyl groups is 1. The largest absolute Gasteiger partial charge is 0.409 e. The smallest absolute Gasteiger partial charge is 0.141 e. The van der Waals surface area contributed by atoms with Gasteiger partial charge in [0.25, 0.3) is 0 Å². The molecule has 0 radical (unpaired) electrons. The summed E-state index contributed by atoms with van der Waals surface area (Å²) in [5.74, 6) is 0.236. The van der Waals surface area contributed by atoms with Crippen LogP contribution in [0.25, 0.3) is 0 Å². The van der Waals surface area contributed by atoms with Crippen LogP contribution in [0, 0.1) is 0 Å². The molecule has 5 heteroatoms. The fourth-order valence-electron chi connectivity index (χ4n) is 2.97. The molecule has 4 N–H and O–H groups in total. The van der Waals surface area contributed by atoms with Crippen molar-refractivity contribution in [1.29, 1.82) is 0 Å². The van der Waals surface area contributed by atoms with E-state index in [4.69, 9.17) is 10.9 Å². The first-order valence-corrected chi connectivity index (χ1v) is 7.49. The van der Waals surface area contributed by atoms with E-state index in [0.717, 1.165) is 37.9 Å². The van der Waals surface area contributed by atoms with Crippen LogP contribution in [0.1, 0.15) is 44.2 Å². The van der Waals surface area contributed by atoms with Gasteiger partial charge in [0, 0.05) is 19.0 Å². The number of hydrogen-bond donors (Lipinski definition) is 3. The van der Waals surface area contributed by atoms with E-state index in [9.17, 15) is 5.11 Å². The molecule has 2 rings (SSSR count). The van der Waals surface area contributed by atoms with Crippen LogP contribution in [0.15, 0.2) is 35.5 Å². The Hall–Kier alpha value is -1.59. The van der Waals surface area contributed by atoms with E-state index in [1.54, 1.807) is 0 Å². The lowest BCUT2D eigenvalue weighted by molar-refractivity contribution is 0.0430. The second kappa shape index (κ2) is 6.91. The van der Waals surface area contributed by atoms with Gasteiger partial charge in [-0.15, -0.1) is 0 Å². The first-order chi connectivity index (χ1) is 10.0. The minimum absolute atomic E-state index is 0.0796. The van der Waals surface area contributed by atoms with Crippen molar-refractivity contribution < 1.29 is 10.3 Å². The molecule has 0 aliphatic carbocycles. The third kappa shape index (κ3) is 4.44. The van der Waals surface area contributed by atoms with Crippen molar-refractivity contribution in [1.82, 2.24) is 4.90 Å². The van der Waals surface area contributed by atoms with Crippen molar-refractivity contribution in [2.45, 2.75) is 44.2 Å². The van der Waals surface area contributed by atoms with Gasteiger partial charge >= 0.3 is 0 Å². The van der Waals surface area contributed by atoms with E-state index < -0.39 is 5.60 Å². The number of amidine groups is 1. The maximum absolute atomic E-state index is 10.2. The molecule has 0 saturated carbocycles. The zero-order valence-corrected chi connectivity index (χ0v) is 12.6. The number of nitrogens with zero attached hydrogens (tertiary/aromatic N) is 2. The van der Waals surface area contributed by atoms with E-state index in [1.165, 1.54) is 0 Å². The Morgan fingerprint density at radius 1 is 1.33 bits per heavy atom. The lowest BCUT2D eigenvalue weighted by atomic mass is 9.98. The summed E-state index contributed by atoms with van der Waals surface area (Å²) in [6.07, 6.45) is 3.00. The molecule has 21 heavy (non-hydrogen) atoms. The van der Waals surface area contributed by atoms with Crippen molar-refractivity contribution >= 4 is 5.84 Å². The lowest BCUT2D eigenvalue weighted by Crippen LogP contribution is -2.34. The van der Waals surface area contributed by atoms with Gasteiger partial charge in [0.05, 0.1) is 5.60 Å². The molecule has 2 unspecified atom stereocenters. The Morgan fingerprint density at radius 2 is 2.05 bits per heavy atom. The van der Waals surface area contributed by atoms with Gasteiger partial charge in [0.1, 0.15) is 5.84 Å². The van der Waals surface area contributed by atoms with Gasteiger partial charge in [-0.05, 0) is 38.3 Å². The minimum atomic E-state index is -0.591. The summed E-state index contributed by atoms with van der Waals surface area (Å²) in [6, 6.07) is 10.2. The molecule has 0 bridgehead atoms.